The molecule has 88 valence electrons. The average Bonchev–Trinajstić information content (AvgIpc) is 2.63. The van der Waals surface area contributed by atoms with Crippen LogP contribution in [-0.2, 0) is 16.0 Å². The van der Waals surface area contributed by atoms with Gasteiger partial charge in [0.15, 0.2) is 0 Å². The van der Waals surface area contributed by atoms with Crippen molar-refractivity contribution in [3.05, 3.63) is 11.1 Å². The van der Waals surface area contributed by atoms with Crippen LogP contribution >= 0.6 is 11.3 Å². The van der Waals surface area contributed by atoms with E-state index in [1.807, 2.05) is 13.8 Å². The van der Waals surface area contributed by atoms with E-state index in [-0.39, 0.29) is 18.4 Å². The van der Waals surface area contributed by atoms with Gasteiger partial charge in [0, 0.05) is 5.38 Å². The molecule has 0 N–H and O–H groups in total. The Morgan fingerprint density at radius 2 is 2.38 bits per heavy atom. The highest BCUT2D eigenvalue weighted by Crippen LogP contribution is 2.20. The normalized spacial score (nSPS) is 11.2. The number of hydrogen-bond donors (Lipinski definition) is 0. The molecule has 0 fully saturated rings. The lowest BCUT2D eigenvalue weighted by atomic mass is 10.3. The lowest BCUT2D eigenvalue weighted by Crippen LogP contribution is -2.07. The lowest BCUT2D eigenvalue weighted by Gasteiger charge is -1.97. The van der Waals surface area contributed by atoms with Crippen LogP contribution in [0.5, 0.6) is 0 Å². The fourth-order valence-electron chi connectivity index (χ4n) is 0.948. The molecule has 5 nitrogen and oxygen atoms in total. The summed E-state index contributed by atoms with van der Waals surface area (Å²) < 4.78 is 4.82. The zero-order chi connectivity index (χ0) is 12.0. The van der Waals surface area contributed by atoms with Gasteiger partial charge in [-0.25, -0.2) is 4.98 Å². The third-order valence-electron chi connectivity index (χ3n) is 1.54. The first-order valence-electron chi connectivity index (χ1n) is 5.12. The van der Waals surface area contributed by atoms with E-state index in [1.54, 1.807) is 12.3 Å². The lowest BCUT2D eigenvalue weighted by molar-refractivity contribution is -0.142. The van der Waals surface area contributed by atoms with E-state index in [0.717, 1.165) is 0 Å². The zero-order valence-corrected chi connectivity index (χ0v) is 10.5. The third-order valence-corrected chi connectivity index (χ3v) is 2.32. The largest absolute Gasteiger partial charge is 0.466 e. The highest BCUT2D eigenvalue weighted by molar-refractivity contribution is 7.13. The van der Waals surface area contributed by atoms with Crippen LogP contribution in [0.3, 0.4) is 0 Å². The number of hydrogen-bond acceptors (Lipinski definition) is 6. The summed E-state index contributed by atoms with van der Waals surface area (Å²) in [6.45, 7) is 6.05. The van der Waals surface area contributed by atoms with Gasteiger partial charge in [0.2, 0.25) is 5.13 Å². The van der Waals surface area contributed by atoms with Crippen LogP contribution < -0.4 is 0 Å². The Labute approximate surface area is 98.6 Å². The van der Waals surface area contributed by atoms with Gasteiger partial charge < -0.3 is 4.74 Å². The van der Waals surface area contributed by atoms with E-state index in [1.165, 1.54) is 11.3 Å². The Hall–Kier alpha value is -1.30. The first-order valence-corrected chi connectivity index (χ1v) is 6.00. The molecular weight excluding hydrogens is 226 g/mol. The van der Waals surface area contributed by atoms with E-state index in [0.29, 0.717) is 17.4 Å². The molecule has 1 aromatic rings. The zero-order valence-electron chi connectivity index (χ0n) is 9.64. The Morgan fingerprint density at radius 1 is 1.62 bits per heavy atom. The van der Waals surface area contributed by atoms with Crippen molar-refractivity contribution in [2.45, 2.75) is 33.2 Å². The molecule has 0 spiro atoms. The molecule has 0 amide bonds. The van der Waals surface area contributed by atoms with E-state index >= 15 is 0 Å². The van der Waals surface area contributed by atoms with Crippen molar-refractivity contribution in [1.82, 2.24) is 4.98 Å². The molecule has 1 aromatic heterocycles. The van der Waals surface area contributed by atoms with Gasteiger partial charge in [0.05, 0.1) is 24.8 Å². The molecule has 0 saturated heterocycles. The van der Waals surface area contributed by atoms with Gasteiger partial charge in [0.1, 0.15) is 0 Å². The summed E-state index contributed by atoms with van der Waals surface area (Å²) in [5.74, 6) is -0.264. The number of rotatable bonds is 5. The van der Waals surface area contributed by atoms with Crippen molar-refractivity contribution in [2.75, 3.05) is 6.61 Å². The minimum atomic E-state index is -0.264. The van der Waals surface area contributed by atoms with E-state index in [2.05, 4.69) is 15.2 Å². The van der Waals surface area contributed by atoms with Gasteiger partial charge in [-0.2, -0.15) is 5.11 Å². The van der Waals surface area contributed by atoms with Crippen molar-refractivity contribution in [2.24, 2.45) is 10.2 Å². The summed E-state index contributed by atoms with van der Waals surface area (Å²) in [5.41, 5.74) is 0.682. The number of esters is 1. The molecule has 0 radical (unpaired) electrons. The van der Waals surface area contributed by atoms with E-state index in [9.17, 15) is 4.79 Å². The molecule has 0 aromatic carbocycles. The van der Waals surface area contributed by atoms with Gasteiger partial charge in [-0.1, -0.05) is 0 Å². The van der Waals surface area contributed by atoms with Crippen LogP contribution in [-0.4, -0.2) is 23.6 Å². The molecule has 0 unspecified atom stereocenters. The molecule has 0 aliphatic carbocycles. The number of azo groups is 1. The SMILES string of the molecule is CCOC(=O)Cc1csc(N=NC(C)C)n1. The summed E-state index contributed by atoms with van der Waals surface area (Å²) in [4.78, 5) is 15.3. The maximum Gasteiger partial charge on any atom is 0.311 e. The fourth-order valence-corrected chi connectivity index (χ4v) is 1.59. The maximum atomic E-state index is 11.2. The quantitative estimate of drug-likeness (QED) is 0.588. The molecular formula is C10H15N3O2S. The Balaban J connectivity index is 2.54. The highest BCUT2D eigenvalue weighted by atomic mass is 32.1. The minimum absolute atomic E-state index is 0.150. The molecule has 16 heavy (non-hydrogen) atoms. The molecule has 1 heterocycles. The maximum absolute atomic E-state index is 11.2. The smallest absolute Gasteiger partial charge is 0.311 e. The van der Waals surface area contributed by atoms with Crippen LogP contribution in [0.2, 0.25) is 0 Å². The molecule has 6 heteroatoms. The number of carbonyl (C=O) groups is 1. The molecule has 0 bridgehead atoms. The molecule has 0 saturated carbocycles. The number of nitrogens with zero attached hydrogens (tertiary/aromatic N) is 3. The molecule has 1 rings (SSSR count). The van der Waals surface area contributed by atoms with Crippen LogP contribution in [0.15, 0.2) is 15.6 Å². The van der Waals surface area contributed by atoms with Crippen molar-refractivity contribution < 1.29 is 9.53 Å². The number of ether oxygens (including phenoxy) is 1. The summed E-state index contributed by atoms with van der Waals surface area (Å²) in [7, 11) is 0. The predicted molar refractivity (Wildman–Crippen MR) is 62.1 cm³/mol. The first kappa shape index (κ1) is 12.8. The third kappa shape index (κ3) is 4.48. The summed E-state index contributed by atoms with van der Waals surface area (Å²) >= 11 is 1.37. The Bertz CT molecular complexity index is 374. The van der Waals surface area contributed by atoms with E-state index in [4.69, 9.17) is 4.74 Å². The average molecular weight is 241 g/mol. The van der Waals surface area contributed by atoms with Crippen LogP contribution in [0.1, 0.15) is 26.5 Å². The molecule has 0 aliphatic heterocycles. The van der Waals surface area contributed by atoms with Crippen molar-refractivity contribution in [1.29, 1.82) is 0 Å². The standard InChI is InChI=1S/C10H15N3O2S/c1-4-15-9(14)5-8-6-16-10(11-8)13-12-7(2)3/h6-7H,4-5H2,1-3H3. The fraction of sp³-hybridized carbons (Fsp3) is 0.600. The number of aromatic nitrogens is 1. The predicted octanol–water partition coefficient (Wildman–Crippen LogP) is 2.74. The molecule has 0 atom stereocenters. The summed E-state index contributed by atoms with van der Waals surface area (Å²) in [5, 5.41) is 10.3. The minimum Gasteiger partial charge on any atom is -0.466 e. The van der Waals surface area contributed by atoms with Crippen molar-refractivity contribution in [3.8, 4) is 0 Å². The first-order chi connectivity index (χ1) is 7.61. The second kappa shape index (κ2) is 6.32. The Morgan fingerprint density at radius 3 is 3.00 bits per heavy atom. The van der Waals surface area contributed by atoms with Crippen molar-refractivity contribution in [3.63, 3.8) is 0 Å². The van der Waals surface area contributed by atoms with Gasteiger partial charge in [-0.05, 0) is 20.8 Å². The van der Waals surface area contributed by atoms with Crippen LogP contribution in [0.4, 0.5) is 5.13 Å². The van der Waals surface area contributed by atoms with Gasteiger partial charge in [-0.15, -0.1) is 16.5 Å². The van der Waals surface area contributed by atoms with Crippen LogP contribution in [0.25, 0.3) is 0 Å². The summed E-state index contributed by atoms with van der Waals surface area (Å²) in [6, 6.07) is 0.150. The monoisotopic (exact) mass is 241 g/mol. The second-order valence-corrected chi connectivity index (χ2v) is 4.25. The highest BCUT2D eigenvalue weighted by Gasteiger charge is 2.07. The second-order valence-electron chi connectivity index (χ2n) is 3.41. The number of thiazole rings is 1. The van der Waals surface area contributed by atoms with Gasteiger partial charge in [0.25, 0.3) is 0 Å². The van der Waals surface area contributed by atoms with Crippen LogP contribution in [0, 0.1) is 0 Å². The van der Waals surface area contributed by atoms with E-state index < -0.39 is 0 Å². The number of carbonyl (C=O) groups excluding carboxylic acids is 1. The van der Waals surface area contributed by atoms with Gasteiger partial charge >= 0.3 is 5.97 Å². The summed E-state index contributed by atoms with van der Waals surface area (Å²) in [6.07, 6.45) is 0.196. The van der Waals surface area contributed by atoms with Crippen molar-refractivity contribution >= 4 is 22.4 Å². The topological polar surface area (TPSA) is 63.9 Å². The van der Waals surface area contributed by atoms with Gasteiger partial charge in [-0.3, -0.25) is 4.79 Å². The Kier molecular flexibility index (Phi) is 5.04. The molecule has 0 aliphatic rings.